The summed E-state index contributed by atoms with van der Waals surface area (Å²) < 4.78 is 23.0. The Balaban J connectivity index is 2.49. The molecule has 110 valence electrons. The Morgan fingerprint density at radius 3 is 2.32 bits per heavy atom. The van der Waals surface area contributed by atoms with Gasteiger partial charge in [-0.15, -0.1) is 0 Å². The van der Waals surface area contributed by atoms with Gasteiger partial charge in [0.1, 0.15) is 9.84 Å². The molecule has 3 nitrogen and oxygen atoms in total. The molecule has 0 aromatic carbocycles. The minimum Gasteiger partial charge on any atom is -0.229 e. The maximum Gasteiger partial charge on any atom is 0.150 e. The van der Waals surface area contributed by atoms with Crippen LogP contribution in [0.5, 0.6) is 0 Å². The molecule has 0 amide bonds. The predicted molar refractivity (Wildman–Crippen MR) is 78.4 cm³/mol. The van der Waals surface area contributed by atoms with Crippen LogP contribution in [-0.4, -0.2) is 19.9 Å². The minimum atomic E-state index is -2.89. The molecule has 0 spiro atoms. The summed E-state index contributed by atoms with van der Waals surface area (Å²) in [4.78, 5) is 0. The fourth-order valence-corrected chi connectivity index (χ4v) is 3.92. The van der Waals surface area contributed by atoms with Crippen LogP contribution in [0.1, 0.15) is 59.3 Å². The molecule has 1 aliphatic carbocycles. The lowest BCUT2D eigenvalue weighted by atomic mass is 9.67. The van der Waals surface area contributed by atoms with Crippen molar-refractivity contribution in [2.45, 2.75) is 59.3 Å². The molecule has 0 saturated heterocycles. The standard InChI is InChI=1S/C15H27NO2S/c1-4-19(17,18)11-5-8-15(12-16)9-6-14(7-10-15)13(2)3/h13-14H,4-11H2,1-3H3. The van der Waals surface area contributed by atoms with E-state index in [1.54, 1.807) is 6.92 Å². The smallest absolute Gasteiger partial charge is 0.150 e. The molecule has 0 heterocycles. The Morgan fingerprint density at radius 1 is 1.32 bits per heavy atom. The number of sulfone groups is 1. The van der Waals surface area contributed by atoms with Crippen molar-refractivity contribution in [2.75, 3.05) is 11.5 Å². The highest BCUT2D eigenvalue weighted by molar-refractivity contribution is 7.91. The molecular weight excluding hydrogens is 258 g/mol. The van der Waals surface area contributed by atoms with E-state index in [-0.39, 0.29) is 16.9 Å². The lowest BCUT2D eigenvalue weighted by Crippen LogP contribution is -2.28. The lowest BCUT2D eigenvalue weighted by molar-refractivity contribution is 0.165. The van der Waals surface area contributed by atoms with Gasteiger partial charge < -0.3 is 0 Å². The summed E-state index contributed by atoms with van der Waals surface area (Å²) in [6.45, 7) is 6.18. The van der Waals surface area contributed by atoms with Crippen molar-refractivity contribution in [1.82, 2.24) is 0 Å². The van der Waals surface area contributed by atoms with Crippen LogP contribution in [-0.2, 0) is 9.84 Å². The average molecular weight is 285 g/mol. The van der Waals surface area contributed by atoms with Gasteiger partial charge >= 0.3 is 0 Å². The van der Waals surface area contributed by atoms with Crippen molar-refractivity contribution in [3.8, 4) is 6.07 Å². The summed E-state index contributed by atoms with van der Waals surface area (Å²) in [5.74, 6) is 1.88. The zero-order valence-electron chi connectivity index (χ0n) is 12.5. The van der Waals surface area contributed by atoms with E-state index in [1.807, 2.05) is 0 Å². The third kappa shape index (κ3) is 4.80. The Hall–Kier alpha value is -0.560. The molecule has 0 aromatic rings. The molecule has 0 unspecified atom stereocenters. The lowest BCUT2D eigenvalue weighted by Gasteiger charge is -2.36. The van der Waals surface area contributed by atoms with Crippen LogP contribution >= 0.6 is 0 Å². The molecule has 1 rings (SSSR count). The monoisotopic (exact) mass is 285 g/mol. The van der Waals surface area contributed by atoms with Gasteiger partial charge in [-0.1, -0.05) is 20.8 Å². The van der Waals surface area contributed by atoms with Crippen molar-refractivity contribution in [2.24, 2.45) is 17.3 Å². The summed E-state index contributed by atoms with van der Waals surface area (Å²) in [7, 11) is -2.89. The van der Waals surface area contributed by atoms with Crippen molar-refractivity contribution < 1.29 is 8.42 Å². The van der Waals surface area contributed by atoms with Crippen molar-refractivity contribution >= 4 is 9.84 Å². The minimum absolute atomic E-state index is 0.210. The summed E-state index contributed by atoms with van der Waals surface area (Å²) in [5, 5.41) is 9.45. The second-order valence-electron chi connectivity index (χ2n) is 6.31. The van der Waals surface area contributed by atoms with E-state index in [9.17, 15) is 13.7 Å². The molecule has 0 N–H and O–H groups in total. The van der Waals surface area contributed by atoms with Crippen LogP contribution in [0.2, 0.25) is 0 Å². The quantitative estimate of drug-likeness (QED) is 0.749. The Morgan fingerprint density at radius 2 is 1.89 bits per heavy atom. The number of rotatable bonds is 6. The highest BCUT2D eigenvalue weighted by Crippen LogP contribution is 2.43. The largest absolute Gasteiger partial charge is 0.229 e. The Kier molecular flexibility index (Phi) is 5.85. The second kappa shape index (κ2) is 6.74. The van der Waals surface area contributed by atoms with Gasteiger partial charge in [-0.25, -0.2) is 8.42 Å². The molecule has 0 aliphatic heterocycles. The molecule has 1 saturated carbocycles. The molecule has 0 radical (unpaired) electrons. The summed E-state index contributed by atoms with van der Waals surface area (Å²) in [6, 6.07) is 2.49. The first kappa shape index (κ1) is 16.5. The number of hydrogen-bond donors (Lipinski definition) is 0. The maximum atomic E-state index is 11.5. The Labute approximate surface area is 118 Å². The fourth-order valence-electron chi connectivity index (χ4n) is 3.05. The van der Waals surface area contributed by atoms with Crippen LogP contribution in [0.15, 0.2) is 0 Å². The average Bonchev–Trinajstić information content (AvgIpc) is 2.39. The Bertz CT molecular complexity index is 412. The molecular formula is C15H27NO2S. The number of hydrogen-bond acceptors (Lipinski definition) is 3. The zero-order valence-corrected chi connectivity index (χ0v) is 13.3. The van der Waals surface area contributed by atoms with Crippen LogP contribution in [0.4, 0.5) is 0 Å². The third-order valence-corrected chi connectivity index (χ3v) is 6.51. The second-order valence-corrected chi connectivity index (χ2v) is 8.79. The summed E-state index contributed by atoms with van der Waals surface area (Å²) >= 11 is 0. The highest BCUT2D eigenvalue weighted by atomic mass is 32.2. The van der Waals surface area contributed by atoms with Crippen molar-refractivity contribution in [3.63, 3.8) is 0 Å². The molecule has 0 aromatic heterocycles. The van der Waals surface area contributed by atoms with E-state index in [0.29, 0.717) is 12.3 Å². The van der Waals surface area contributed by atoms with Crippen LogP contribution in [0.25, 0.3) is 0 Å². The highest BCUT2D eigenvalue weighted by Gasteiger charge is 2.35. The van der Waals surface area contributed by atoms with E-state index < -0.39 is 9.84 Å². The van der Waals surface area contributed by atoms with Gasteiger partial charge in [-0.3, -0.25) is 0 Å². The molecule has 0 atom stereocenters. The summed E-state index contributed by atoms with van der Waals surface area (Å²) in [6.07, 6.45) is 5.50. The van der Waals surface area contributed by atoms with Gasteiger partial charge in [-0.2, -0.15) is 5.26 Å². The van der Waals surface area contributed by atoms with Crippen molar-refractivity contribution in [1.29, 1.82) is 5.26 Å². The number of nitrogens with zero attached hydrogens (tertiary/aromatic N) is 1. The van der Waals surface area contributed by atoms with Gasteiger partial charge in [0.05, 0.1) is 17.2 Å². The first-order valence-electron chi connectivity index (χ1n) is 7.46. The summed E-state index contributed by atoms with van der Waals surface area (Å²) in [5.41, 5.74) is -0.255. The van der Waals surface area contributed by atoms with E-state index in [1.165, 1.54) is 0 Å². The van der Waals surface area contributed by atoms with Crippen LogP contribution < -0.4 is 0 Å². The van der Waals surface area contributed by atoms with Gasteiger partial charge in [0.15, 0.2) is 0 Å². The van der Waals surface area contributed by atoms with Gasteiger partial charge in [-0.05, 0) is 50.4 Å². The zero-order chi connectivity index (χ0) is 14.5. The molecule has 1 fully saturated rings. The SMILES string of the molecule is CCS(=O)(=O)CCCC1(C#N)CCC(C(C)C)CC1. The van der Waals surface area contributed by atoms with Gasteiger partial charge in [0.25, 0.3) is 0 Å². The van der Waals surface area contributed by atoms with E-state index in [4.69, 9.17) is 0 Å². The van der Waals surface area contributed by atoms with E-state index >= 15 is 0 Å². The van der Waals surface area contributed by atoms with E-state index in [2.05, 4.69) is 19.9 Å². The molecule has 0 bridgehead atoms. The van der Waals surface area contributed by atoms with E-state index in [0.717, 1.165) is 38.0 Å². The molecule has 1 aliphatic rings. The van der Waals surface area contributed by atoms with Gasteiger partial charge in [0, 0.05) is 5.75 Å². The molecule has 19 heavy (non-hydrogen) atoms. The normalized spacial score (nSPS) is 28.3. The fraction of sp³-hybridized carbons (Fsp3) is 0.933. The van der Waals surface area contributed by atoms with Crippen LogP contribution in [0.3, 0.4) is 0 Å². The first-order chi connectivity index (χ1) is 8.84. The maximum absolute atomic E-state index is 11.5. The first-order valence-corrected chi connectivity index (χ1v) is 9.28. The predicted octanol–water partition coefficient (Wildman–Crippen LogP) is 3.56. The van der Waals surface area contributed by atoms with Crippen molar-refractivity contribution in [3.05, 3.63) is 0 Å². The third-order valence-electron chi connectivity index (χ3n) is 4.72. The number of nitriles is 1. The topological polar surface area (TPSA) is 57.9 Å². The molecule has 4 heteroatoms. The van der Waals surface area contributed by atoms with Gasteiger partial charge in [0.2, 0.25) is 0 Å². The van der Waals surface area contributed by atoms with Crippen LogP contribution in [0, 0.1) is 28.6 Å².